The lowest BCUT2D eigenvalue weighted by Gasteiger charge is -2.15. The number of ether oxygens (including phenoxy) is 1. The maximum atomic E-state index is 13.8. The van der Waals surface area contributed by atoms with Crippen molar-refractivity contribution in [3.63, 3.8) is 0 Å². The van der Waals surface area contributed by atoms with Gasteiger partial charge in [0, 0.05) is 16.6 Å². The molecule has 0 amide bonds. The zero-order chi connectivity index (χ0) is 21.3. The lowest BCUT2D eigenvalue weighted by atomic mass is 10.1. The molecule has 154 valence electrons. The van der Waals surface area contributed by atoms with Crippen molar-refractivity contribution in [2.45, 2.75) is 24.0 Å². The normalized spacial score (nSPS) is 12.9. The van der Waals surface area contributed by atoms with E-state index in [-0.39, 0.29) is 10.5 Å². The predicted octanol–water partition coefficient (Wildman–Crippen LogP) is 4.98. The summed E-state index contributed by atoms with van der Waals surface area (Å²) < 4.78 is 119. The number of alkyl halides is 6. The fraction of sp³-hybridized carbons (Fsp3) is 0.200. The second kappa shape index (κ2) is 7.87. The molecule has 0 atom stereocenters. The van der Waals surface area contributed by atoms with Gasteiger partial charge in [0.1, 0.15) is 10.7 Å². The number of hydrogen-bond donors (Lipinski definition) is 1. The molecule has 4 nitrogen and oxygen atoms in total. The van der Waals surface area contributed by atoms with Crippen molar-refractivity contribution in [2.24, 2.45) is 0 Å². The molecule has 0 aromatic heterocycles. The van der Waals surface area contributed by atoms with Gasteiger partial charge >= 0.3 is 12.5 Å². The highest BCUT2D eigenvalue weighted by Gasteiger charge is 2.34. The monoisotopic (exact) mass is 495 g/mol. The van der Waals surface area contributed by atoms with Crippen molar-refractivity contribution in [2.75, 3.05) is 0 Å². The molecule has 2 aromatic rings. The van der Waals surface area contributed by atoms with Crippen LogP contribution in [0, 0.1) is 5.82 Å². The van der Waals surface area contributed by atoms with Crippen LogP contribution < -0.4 is 9.46 Å². The van der Waals surface area contributed by atoms with Gasteiger partial charge in [-0.25, -0.2) is 17.5 Å². The van der Waals surface area contributed by atoms with Gasteiger partial charge in [0.2, 0.25) is 10.0 Å². The van der Waals surface area contributed by atoms with Crippen LogP contribution in [0.2, 0.25) is 0 Å². The topological polar surface area (TPSA) is 55.4 Å². The Hall–Kier alpha value is -1.86. The SMILES string of the molecule is O=S(=O)(NCc1ccc(C(F)(F)F)cc1F)c1ccc(Br)cc1OC(F)(F)F. The molecular weight excluding hydrogens is 487 g/mol. The molecule has 0 bridgehead atoms. The molecule has 1 N–H and O–H groups in total. The van der Waals surface area contributed by atoms with Crippen molar-refractivity contribution in [3.05, 3.63) is 57.8 Å². The first-order valence-corrected chi connectivity index (χ1v) is 9.37. The van der Waals surface area contributed by atoms with E-state index < -0.39 is 56.7 Å². The van der Waals surface area contributed by atoms with Crippen LogP contribution in [-0.4, -0.2) is 14.8 Å². The van der Waals surface area contributed by atoms with Gasteiger partial charge in [0.15, 0.2) is 5.75 Å². The molecular formula is C15H9BrF7NO3S. The Morgan fingerprint density at radius 3 is 2.18 bits per heavy atom. The molecule has 2 rings (SSSR count). The van der Waals surface area contributed by atoms with Gasteiger partial charge in [-0.1, -0.05) is 22.0 Å². The summed E-state index contributed by atoms with van der Waals surface area (Å²) in [7, 11) is -4.62. The quantitative estimate of drug-likeness (QED) is 0.595. The third-order valence-electron chi connectivity index (χ3n) is 3.25. The van der Waals surface area contributed by atoms with Crippen LogP contribution in [0.5, 0.6) is 5.75 Å². The number of benzene rings is 2. The molecule has 0 aliphatic carbocycles. The Morgan fingerprint density at radius 1 is 1.00 bits per heavy atom. The largest absolute Gasteiger partial charge is 0.573 e. The molecule has 0 aliphatic heterocycles. The van der Waals surface area contributed by atoms with Crippen LogP contribution in [0.1, 0.15) is 11.1 Å². The first kappa shape index (κ1) is 22.4. The summed E-state index contributed by atoms with van der Waals surface area (Å²) in [4.78, 5) is -0.889. The first-order chi connectivity index (χ1) is 12.7. The van der Waals surface area contributed by atoms with E-state index in [1.54, 1.807) is 0 Å². The standard InChI is InChI=1S/C15H9BrF7NO3S/c16-10-3-4-13(12(6-10)27-15(21,22)23)28(25,26)24-7-8-1-2-9(5-11(8)17)14(18,19)20/h1-6,24H,7H2. The molecule has 2 aromatic carbocycles. The highest BCUT2D eigenvalue weighted by Crippen LogP contribution is 2.33. The minimum atomic E-state index is -5.18. The molecule has 0 radical (unpaired) electrons. The minimum Gasteiger partial charge on any atom is -0.404 e. The number of rotatable bonds is 5. The zero-order valence-corrected chi connectivity index (χ0v) is 15.7. The maximum Gasteiger partial charge on any atom is 0.573 e. The Bertz CT molecular complexity index is 975. The fourth-order valence-corrected chi connectivity index (χ4v) is 3.48. The maximum absolute atomic E-state index is 13.8. The lowest BCUT2D eigenvalue weighted by molar-refractivity contribution is -0.275. The van der Waals surface area contributed by atoms with Crippen molar-refractivity contribution >= 4 is 26.0 Å². The molecule has 0 unspecified atom stereocenters. The van der Waals surface area contributed by atoms with Gasteiger partial charge in [-0.05, 0) is 30.3 Å². The molecule has 28 heavy (non-hydrogen) atoms. The van der Waals surface area contributed by atoms with E-state index in [1.165, 1.54) is 0 Å². The van der Waals surface area contributed by atoms with E-state index in [9.17, 15) is 39.2 Å². The summed E-state index contributed by atoms with van der Waals surface area (Å²) in [5, 5.41) is 0. The van der Waals surface area contributed by atoms with Crippen molar-refractivity contribution in [3.8, 4) is 5.75 Å². The molecule has 0 saturated carbocycles. The second-order valence-corrected chi connectivity index (χ2v) is 7.92. The van der Waals surface area contributed by atoms with E-state index in [0.717, 1.165) is 24.3 Å². The average molecular weight is 496 g/mol. The first-order valence-electron chi connectivity index (χ1n) is 7.09. The third kappa shape index (κ3) is 5.82. The molecule has 0 fully saturated rings. The van der Waals surface area contributed by atoms with Gasteiger partial charge in [-0.15, -0.1) is 13.2 Å². The Kier molecular flexibility index (Phi) is 6.31. The summed E-state index contributed by atoms with van der Waals surface area (Å²) in [5.74, 6) is -2.37. The van der Waals surface area contributed by atoms with Gasteiger partial charge in [0.05, 0.1) is 5.56 Å². The predicted molar refractivity (Wildman–Crippen MR) is 86.3 cm³/mol. The number of sulfonamides is 1. The second-order valence-electron chi connectivity index (χ2n) is 5.27. The van der Waals surface area contributed by atoms with E-state index in [1.807, 2.05) is 4.72 Å². The zero-order valence-electron chi connectivity index (χ0n) is 13.3. The molecule has 0 heterocycles. The van der Waals surface area contributed by atoms with Crippen molar-refractivity contribution < 1.29 is 43.9 Å². The van der Waals surface area contributed by atoms with Gasteiger partial charge in [-0.2, -0.15) is 13.2 Å². The van der Waals surface area contributed by atoms with Crippen LogP contribution in [0.25, 0.3) is 0 Å². The smallest absolute Gasteiger partial charge is 0.404 e. The van der Waals surface area contributed by atoms with E-state index >= 15 is 0 Å². The van der Waals surface area contributed by atoms with Crippen LogP contribution in [-0.2, 0) is 22.7 Å². The lowest BCUT2D eigenvalue weighted by Crippen LogP contribution is -2.26. The minimum absolute atomic E-state index is 0.0967. The summed E-state index contributed by atoms with van der Waals surface area (Å²) in [6.07, 6.45) is -9.97. The number of hydrogen-bond acceptors (Lipinski definition) is 3. The van der Waals surface area contributed by atoms with Crippen LogP contribution in [0.3, 0.4) is 0 Å². The molecule has 0 spiro atoms. The van der Waals surface area contributed by atoms with Crippen LogP contribution >= 0.6 is 15.9 Å². The van der Waals surface area contributed by atoms with E-state index in [4.69, 9.17) is 0 Å². The van der Waals surface area contributed by atoms with Gasteiger partial charge in [-0.3, -0.25) is 0 Å². The molecule has 13 heteroatoms. The summed E-state index contributed by atoms with van der Waals surface area (Å²) in [5.41, 5.74) is -1.71. The van der Waals surface area contributed by atoms with E-state index in [0.29, 0.717) is 6.07 Å². The number of nitrogens with one attached hydrogen (secondary N) is 1. The van der Waals surface area contributed by atoms with E-state index in [2.05, 4.69) is 20.7 Å². The highest BCUT2D eigenvalue weighted by molar-refractivity contribution is 9.10. The van der Waals surface area contributed by atoms with Gasteiger partial charge in [0.25, 0.3) is 0 Å². The van der Waals surface area contributed by atoms with Crippen LogP contribution in [0.4, 0.5) is 30.7 Å². The molecule has 0 saturated heterocycles. The summed E-state index contributed by atoms with van der Waals surface area (Å²) in [6.45, 7) is -0.798. The fourth-order valence-electron chi connectivity index (χ4n) is 2.03. The van der Waals surface area contributed by atoms with Crippen molar-refractivity contribution in [1.29, 1.82) is 0 Å². The Morgan fingerprint density at radius 2 is 1.64 bits per heavy atom. The summed E-state index contributed by atoms with van der Waals surface area (Å²) >= 11 is 2.87. The Labute approximate surface area is 162 Å². The van der Waals surface area contributed by atoms with Gasteiger partial charge < -0.3 is 4.74 Å². The summed E-state index contributed by atoms with van der Waals surface area (Å²) in [6, 6.07) is 4.16. The van der Waals surface area contributed by atoms with Crippen LogP contribution in [0.15, 0.2) is 45.8 Å². The Balaban J connectivity index is 2.28. The average Bonchev–Trinajstić information content (AvgIpc) is 2.51. The molecule has 0 aliphatic rings. The third-order valence-corrected chi connectivity index (χ3v) is 5.19. The number of halogens is 8. The highest BCUT2D eigenvalue weighted by atomic mass is 79.9. The van der Waals surface area contributed by atoms with Crippen molar-refractivity contribution in [1.82, 2.24) is 4.72 Å².